The molecule has 0 rings (SSSR count). The molecule has 0 aromatic rings. The summed E-state index contributed by atoms with van der Waals surface area (Å²) in [7, 11) is 0. The summed E-state index contributed by atoms with van der Waals surface area (Å²) in [6, 6.07) is 0. The van der Waals surface area contributed by atoms with Crippen LogP contribution >= 0.6 is 0 Å². The maximum absolute atomic E-state index is 8.77. The average Bonchev–Trinajstić information content (AvgIpc) is 2.00. The summed E-state index contributed by atoms with van der Waals surface area (Å²) in [5.41, 5.74) is 0. The van der Waals surface area contributed by atoms with Crippen LogP contribution in [-0.2, 0) is 0 Å². The first-order valence-electron chi connectivity index (χ1n) is 2.89. The largest absolute Gasteiger partial charge is 0.412 e. The summed E-state index contributed by atoms with van der Waals surface area (Å²) in [6.07, 6.45) is -4.29. The molecule has 7 N–H and O–H groups in total. The Morgan fingerprint density at radius 3 is 1.27 bits per heavy atom. The second-order valence-electron chi connectivity index (χ2n) is 1.99. The van der Waals surface area contributed by atoms with E-state index in [0.717, 1.165) is 0 Å². The molecule has 0 amide bonds. The van der Waals surface area contributed by atoms with E-state index in [0.29, 0.717) is 0 Å². The van der Waals surface area contributed by atoms with E-state index in [9.17, 15) is 0 Å². The second-order valence-corrected chi connectivity index (χ2v) is 1.99. The van der Waals surface area contributed by atoms with E-state index in [1.807, 2.05) is 0 Å². The van der Waals surface area contributed by atoms with Gasteiger partial charge in [0, 0.05) is 0 Å². The van der Waals surface area contributed by atoms with Gasteiger partial charge in [-0.25, -0.2) is 0 Å². The van der Waals surface area contributed by atoms with Crippen molar-refractivity contribution in [3.8, 4) is 0 Å². The van der Waals surface area contributed by atoms with Gasteiger partial charge in [0.1, 0.15) is 18.3 Å². The van der Waals surface area contributed by atoms with Crippen LogP contribution in [0.25, 0.3) is 0 Å². The summed E-state index contributed by atoms with van der Waals surface area (Å²) in [6.45, 7) is -1.28. The Morgan fingerprint density at radius 1 is 0.818 bits per heavy atom. The van der Waals surface area contributed by atoms with Crippen LogP contribution in [0.1, 0.15) is 0 Å². The third-order valence-corrected chi connectivity index (χ3v) is 1.16. The first-order chi connectivity index (χ1) is 4.63. The molecule has 0 heterocycles. The van der Waals surface area contributed by atoms with Gasteiger partial charge in [-0.1, -0.05) is 0 Å². The first kappa shape index (κ1) is 13.4. The number of rotatable bonds is 4. The molecule has 0 aliphatic carbocycles. The van der Waals surface area contributed by atoms with E-state index >= 15 is 0 Å². The van der Waals surface area contributed by atoms with Gasteiger partial charge in [0.15, 0.2) is 0 Å². The molecule has 0 aromatic heterocycles. The van der Waals surface area contributed by atoms with Crippen molar-refractivity contribution in [3.05, 3.63) is 0 Å². The fraction of sp³-hybridized carbons (Fsp3) is 1.00. The van der Waals surface area contributed by atoms with E-state index in [-0.39, 0.29) is 5.48 Å². The molecule has 0 aliphatic heterocycles. The molecule has 11 heavy (non-hydrogen) atoms. The summed E-state index contributed by atoms with van der Waals surface area (Å²) < 4.78 is 0. The van der Waals surface area contributed by atoms with Gasteiger partial charge in [-0.2, -0.15) is 0 Å². The molecular weight excluding hydrogens is 156 g/mol. The van der Waals surface area contributed by atoms with Crippen molar-refractivity contribution in [2.45, 2.75) is 18.3 Å². The molecule has 0 spiro atoms. The van der Waals surface area contributed by atoms with Crippen molar-refractivity contribution in [2.75, 3.05) is 13.2 Å². The van der Waals surface area contributed by atoms with E-state index < -0.39 is 31.5 Å². The maximum Gasteiger partial charge on any atom is 0.110 e. The lowest BCUT2D eigenvalue weighted by atomic mass is 10.1. The molecule has 2 atom stereocenters. The van der Waals surface area contributed by atoms with Crippen LogP contribution in [0, 0.1) is 0 Å². The highest BCUT2D eigenvalue weighted by molar-refractivity contribution is 4.73. The highest BCUT2D eigenvalue weighted by atomic mass is 16.4. The molecule has 6 nitrogen and oxygen atoms in total. The summed E-state index contributed by atoms with van der Waals surface area (Å²) in [4.78, 5) is 0. The highest BCUT2D eigenvalue weighted by Gasteiger charge is 2.22. The summed E-state index contributed by atoms with van der Waals surface area (Å²) >= 11 is 0. The number of aliphatic hydroxyl groups excluding tert-OH is 5. The zero-order valence-corrected chi connectivity index (χ0v) is 5.88. The van der Waals surface area contributed by atoms with Crippen LogP contribution < -0.4 is 0 Å². The van der Waals surface area contributed by atoms with Gasteiger partial charge in [-0.15, -0.1) is 0 Å². The first-order valence-corrected chi connectivity index (χ1v) is 2.89. The SMILES string of the molecule is O.OCC(O)C(O)C(O)CO. The second kappa shape index (κ2) is 6.47. The van der Waals surface area contributed by atoms with Gasteiger partial charge in [0.05, 0.1) is 13.2 Å². The fourth-order valence-corrected chi connectivity index (χ4v) is 0.472. The van der Waals surface area contributed by atoms with E-state index in [1.165, 1.54) is 0 Å². The van der Waals surface area contributed by atoms with Crippen LogP contribution in [-0.4, -0.2) is 62.5 Å². The minimum Gasteiger partial charge on any atom is -0.412 e. The van der Waals surface area contributed by atoms with Crippen molar-refractivity contribution < 1.29 is 31.0 Å². The standard InChI is InChI=1S/C5H12O5.H2O/c6-1-3(8)5(10)4(9)2-7;/h3-10H,1-2H2;1H2. The van der Waals surface area contributed by atoms with E-state index in [2.05, 4.69) is 0 Å². The normalized spacial score (nSPS) is 18.3. The molecule has 0 radical (unpaired) electrons. The summed E-state index contributed by atoms with van der Waals surface area (Å²) in [5, 5.41) is 42.6. The molecule has 2 unspecified atom stereocenters. The molecule has 0 saturated carbocycles. The topological polar surface area (TPSA) is 133 Å². The van der Waals surface area contributed by atoms with Crippen LogP contribution in [0.4, 0.5) is 0 Å². The van der Waals surface area contributed by atoms with Gasteiger partial charge in [0.2, 0.25) is 0 Å². The molecule has 70 valence electrons. The van der Waals surface area contributed by atoms with Crippen molar-refractivity contribution in [1.29, 1.82) is 0 Å². The molecule has 0 saturated heterocycles. The van der Waals surface area contributed by atoms with E-state index in [1.54, 1.807) is 0 Å². The Hall–Kier alpha value is -0.240. The Balaban J connectivity index is 0. The lowest BCUT2D eigenvalue weighted by Crippen LogP contribution is -2.41. The average molecular weight is 170 g/mol. The zero-order valence-electron chi connectivity index (χ0n) is 5.88. The maximum atomic E-state index is 8.77. The lowest BCUT2D eigenvalue weighted by molar-refractivity contribution is -0.0900. The predicted molar refractivity (Wildman–Crippen MR) is 35.8 cm³/mol. The van der Waals surface area contributed by atoms with Gasteiger partial charge < -0.3 is 31.0 Å². The predicted octanol–water partition coefficient (Wildman–Crippen LogP) is -3.77. The number of hydrogen-bond acceptors (Lipinski definition) is 5. The Labute approximate surface area is 63.7 Å². The van der Waals surface area contributed by atoms with Crippen LogP contribution in [0.15, 0.2) is 0 Å². The van der Waals surface area contributed by atoms with Crippen molar-refractivity contribution in [1.82, 2.24) is 0 Å². The molecular formula is C5H14O6. The van der Waals surface area contributed by atoms with Gasteiger partial charge in [-0.3, -0.25) is 0 Å². The third kappa shape index (κ3) is 4.25. The minimum atomic E-state index is -1.49. The quantitative estimate of drug-likeness (QED) is 0.295. The van der Waals surface area contributed by atoms with Crippen LogP contribution in [0.2, 0.25) is 0 Å². The third-order valence-electron chi connectivity index (χ3n) is 1.16. The van der Waals surface area contributed by atoms with E-state index in [4.69, 9.17) is 25.5 Å². The Kier molecular flexibility index (Phi) is 7.85. The molecule has 0 aromatic carbocycles. The van der Waals surface area contributed by atoms with Gasteiger partial charge in [0.25, 0.3) is 0 Å². The minimum absolute atomic E-state index is 0. The Bertz CT molecular complexity index is 77.0. The monoisotopic (exact) mass is 170 g/mol. The summed E-state index contributed by atoms with van der Waals surface area (Å²) in [5.74, 6) is 0. The smallest absolute Gasteiger partial charge is 0.110 e. The molecule has 0 fully saturated rings. The van der Waals surface area contributed by atoms with Crippen LogP contribution in [0.5, 0.6) is 0 Å². The molecule has 0 bridgehead atoms. The lowest BCUT2D eigenvalue weighted by Gasteiger charge is -2.19. The fourth-order valence-electron chi connectivity index (χ4n) is 0.472. The van der Waals surface area contributed by atoms with Crippen LogP contribution in [0.3, 0.4) is 0 Å². The highest BCUT2D eigenvalue weighted by Crippen LogP contribution is 1.97. The van der Waals surface area contributed by atoms with Gasteiger partial charge >= 0.3 is 0 Å². The van der Waals surface area contributed by atoms with Crippen molar-refractivity contribution in [2.24, 2.45) is 0 Å². The molecule has 6 heteroatoms. The van der Waals surface area contributed by atoms with Crippen molar-refractivity contribution in [3.63, 3.8) is 0 Å². The Morgan fingerprint density at radius 2 is 1.09 bits per heavy atom. The van der Waals surface area contributed by atoms with Gasteiger partial charge in [-0.05, 0) is 0 Å². The zero-order chi connectivity index (χ0) is 8.15. The number of hydrogen-bond donors (Lipinski definition) is 5. The van der Waals surface area contributed by atoms with Crippen molar-refractivity contribution >= 4 is 0 Å². The number of aliphatic hydroxyl groups is 5. The molecule has 0 aliphatic rings.